The van der Waals surface area contributed by atoms with Crippen molar-refractivity contribution in [3.8, 4) is 5.75 Å². The molecule has 0 spiro atoms. The quantitative estimate of drug-likeness (QED) is 0.847. The van der Waals surface area contributed by atoms with Crippen molar-refractivity contribution < 1.29 is 4.74 Å². The van der Waals surface area contributed by atoms with Crippen LogP contribution in [0.4, 0.5) is 5.69 Å². The van der Waals surface area contributed by atoms with E-state index in [1.807, 2.05) is 24.4 Å². The molecular weight excluding hydrogens is 262 g/mol. The van der Waals surface area contributed by atoms with Gasteiger partial charge < -0.3 is 15.0 Å². The van der Waals surface area contributed by atoms with Crippen molar-refractivity contribution in [3.05, 3.63) is 30.5 Å². The Morgan fingerprint density at radius 2 is 2.00 bits per heavy atom. The van der Waals surface area contributed by atoms with Crippen LogP contribution in [0.3, 0.4) is 0 Å². The van der Waals surface area contributed by atoms with E-state index in [0.717, 1.165) is 42.0 Å². The van der Waals surface area contributed by atoms with Gasteiger partial charge in [-0.05, 0) is 38.2 Å². The number of nitrogens with one attached hydrogen (secondary N) is 1. The van der Waals surface area contributed by atoms with Gasteiger partial charge in [0, 0.05) is 35.9 Å². The minimum Gasteiger partial charge on any atom is -0.497 e. The largest absolute Gasteiger partial charge is 0.497 e. The Morgan fingerprint density at radius 1 is 1.24 bits per heavy atom. The predicted octanol–water partition coefficient (Wildman–Crippen LogP) is 3.39. The third-order valence-corrected chi connectivity index (χ3v) is 3.78. The second-order valence-electron chi connectivity index (χ2n) is 5.27. The molecule has 0 radical (unpaired) electrons. The molecule has 2 rings (SSSR count). The molecule has 21 heavy (non-hydrogen) atoms. The van der Waals surface area contributed by atoms with Gasteiger partial charge in [0.05, 0.1) is 12.6 Å². The van der Waals surface area contributed by atoms with Gasteiger partial charge in [0.1, 0.15) is 5.75 Å². The summed E-state index contributed by atoms with van der Waals surface area (Å²) in [6.45, 7) is 9.81. The Hall–Kier alpha value is -1.81. The molecule has 4 heteroatoms. The van der Waals surface area contributed by atoms with Crippen molar-refractivity contribution in [3.63, 3.8) is 0 Å². The number of nitrogens with zero attached hydrogens (tertiary/aromatic N) is 2. The number of likely N-dealkylation sites (N-methyl/N-ethyl adjacent to an activating group) is 1. The second kappa shape index (κ2) is 7.27. The maximum Gasteiger partial charge on any atom is 0.121 e. The number of fused-ring (bicyclic) bond motifs is 1. The van der Waals surface area contributed by atoms with Gasteiger partial charge in [0.25, 0.3) is 0 Å². The van der Waals surface area contributed by atoms with Crippen LogP contribution in [0.2, 0.25) is 0 Å². The number of ether oxygens (including phenoxy) is 1. The summed E-state index contributed by atoms with van der Waals surface area (Å²) in [7, 11) is 1.68. The predicted molar refractivity (Wildman–Crippen MR) is 89.2 cm³/mol. The van der Waals surface area contributed by atoms with Gasteiger partial charge in [0.15, 0.2) is 0 Å². The number of rotatable bonds is 7. The summed E-state index contributed by atoms with van der Waals surface area (Å²) in [6.07, 6.45) is 1.84. The molecule has 1 aromatic carbocycles. The van der Waals surface area contributed by atoms with Crippen molar-refractivity contribution in [1.82, 2.24) is 9.88 Å². The molecule has 4 nitrogen and oxygen atoms in total. The van der Waals surface area contributed by atoms with Crippen LogP contribution in [0.15, 0.2) is 30.5 Å². The molecule has 1 N–H and O–H groups in total. The third-order valence-electron chi connectivity index (χ3n) is 3.78. The van der Waals surface area contributed by atoms with Crippen LogP contribution < -0.4 is 10.1 Å². The van der Waals surface area contributed by atoms with E-state index in [4.69, 9.17) is 4.74 Å². The number of aromatic nitrogens is 1. The van der Waals surface area contributed by atoms with E-state index >= 15 is 0 Å². The first-order valence-corrected chi connectivity index (χ1v) is 7.59. The summed E-state index contributed by atoms with van der Waals surface area (Å²) in [6, 6.07) is 8.43. The van der Waals surface area contributed by atoms with Gasteiger partial charge >= 0.3 is 0 Å². The van der Waals surface area contributed by atoms with Gasteiger partial charge in [-0.3, -0.25) is 4.98 Å². The van der Waals surface area contributed by atoms with Crippen molar-refractivity contribution in [2.24, 2.45) is 0 Å². The zero-order valence-corrected chi connectivity index (χ0v) is 13.4. The van der Waals surface area contributed by atoms with Crippen molar-refractivity contribution >= 4 is 16.6 Å². The smallest absolute Gasteiger partial charge is 0.121 e. The summed E-state index contributed by atoms with van der Waals surface area (Å²) in [4.78, 5) is 6.84. The van der Waals surface area contributed by atoms with Crippen LogP contribution in [-0.4, -0.2) is 42.7 Å². The first-order chi connectivity index (χ1) is 10.2. The first kappa shape index (κ1) is 15.6. The summed E-state index contributed by atoms with van der Waals surface area (Å²) in [5, 5.41) is 4.73. The highest BCUT2D eigenvalue weighted by atomic mass is 16.5. The summed E-state index contributed by atoms with van der Waals surface area (Å²) < 4.78 is 5.26. The summed E-state index contributed by atoms with van der Waals surface area (Å²) in [5.41, 5.74) is 2.08. The Kier molecular flexibility index (Phi) is 5.39. The molecule has 0 amide bonds. The highest BCUT2D eigenvalue weighted by Gasteiger charge is 2.09. The number of hydrogen-bond acceptors (Lipinski definition) is 4. The number of methoxy groups -OCH3 is 1. The average Bonchev–Trinajstić information content (AvgIpc) is 2.52. The molecule has 1 heterocycles. The topological polar surface area (TPSA) is 37.4 Å². The van der Waals surface area contributed by atoms with E-state index in [0.29, 0.717) is 6.04 Å². The molecule has 0 aliphatic rings. The fourth-order valence-electron chi connectivity index (χ4n) is 2.56. The van der Waals surface area contributed by atoms with Crippen LogP contribution in [0.5, 0.6) is 5.75 Å². The molecule has 0 saturated carbocycles. The fraction of sp³-hybridized carbons (Fsp3) is 0.471. The standard InChI is InChI=1S/C17H25N3O/c1-5-20(6-2)12-13(3)19-16-9-10-18-17-11-14(21-4)7-8-15(16)17/h7-11,13H,5-6,12H2,1-4H3,(H,18,19)/t13-/m1/s1. The molecule has 0 aliphatic carbocycles. The van der Waals surface area contributed by atoms with E-state index in [1.54, 1.807) is 7.11 Å². The summed E-state index contributed by atoms with van der Waals surface area (Å²) in [5.74, 6) is 0.836. The second-order valence-corrected chi connectivity index (χ2v) is 5.27. The molecular formula is C17H25N3O. The van der Waals surface area contributed by atoms with Gasteiger partial charge in [-0.1, -0.05) is 13.8 Å². The monoisotopic (exact) mass is 287 g/mol. The van der Waals surface area contributed by atoms with Crippen LogP contribution >= 0.6 is 0 Å². The van der Waals surface area contributed by atoms with Gasteiger partial charge in [-0.2, -0.15) is 0 Å². The van der Waals surface area contributed by atoms with E-state index in [-0.39, 0.29) is 0 Å². The Balaban J connectivity index is 2.18. The fourth-order valence-corrected chi connectivity index (χ4v) is 2.56. The zero-order chi connectivity index (χ0) is 15.2. The number of anilines is 1. The van der Waals surface area contributed by atoms with Crippen molar-refractivity contribution in [2.45, 2.75) is 26.8 Å². The molecule has 0 saturated heterocycles. The Morgan fingerprint density at radius 3 is 2.67 bits per heavy atom. The van der Waals surface area contributed by atoms with E-state index in [1.165, 1.54) is 0 Å². The zero-order valence-electron chi connectivity index (χ0n) is 13.4. The maximum atomic E-state index is 5.26. The maximum absolute atomic E-state index is 5.26. The van der Waals surface area contributed by atoms with Crippen molar-refractivity contribution in [1.29, 1.82) is 0 Å². The normalized spacial score (nSPS) is 12.6. The lowest BCUT2D eigenvalue weighted by Crippen LogP contribution is -2.34. The Labute approximate surface area is 127 Å². The number of hydrogen-bond donors (Lipinski definition) is 1. The van der Waals surface area contributed by atoms with E-state index in [2.05, 4.69) is 42.0 Å². The molecule has 0 bridgehead atoms. The third kappa shape index (κ3) is 3.85. The van der Waals surface area contributed by atoms with Gasteiger partial charge in [0.2, 0.25) is 0 Å². The molecule has 114 valence electrons. The molecule has 0 fully saturated rings. The molecule has 0 aliphatic heterocycles. The first-order valence-electron chi connectivity index (χ1n) is 7.59. The highest BCUT2D eigenvalue weighted by molar-refractivity contribution is 5.91. The van der Waals surface area contributed by atoms with Gasteiger partial charge in [-0.15, -0.1) is 0 Å². The number of benzene rings is 1. The molecule has 1 atom stereocenters. The molecule has 0 unspecified atom stereocenters. The van der Waals surface area contributed by atoms with E-state index in [9.17, 15) is 0 Å². The lowest BCUT2D eigenvalue weighted by atomic mass is 10.1. The Bertz CT molecular complexity index is 581. The lowest BCUT2D eigenvalue weighted by Gasteiger charge is -2.24. The molecule has 1 aromatic heterocycles. The summed E-state index contributed by atoms with van der Waals surface area (Å²) >= 11 is 0. The van der Waals surface area contributed by atoms with Crippen LogP contribution in [-0.2, 0) is 0 Å². The highest BCUT2D eigenvalue weighted by Crippen LogP contribution is 2.25. The number of pyridine rings is 1. The lowest BCUT2D eigenvalue weighted by molar-refractivity contribution is 0.295. The minimum atomic E-state index is 0.387. The van der Waals surface area contributed by atoms with Crippen LogP contribution in [0.25, 0.3) is 10.9 Å². The SMILES string of the molecule is CCN(CC)C[C@@H](C)Nc1ccnc2cc(OC)ccc12. The van der Waals surface area contributed by atoms with Crippen LogP contribution in [0, 0.1) is 0 Å². The average molecular weight is 287 g/mol. The van der Waals surface area contributed by atoms with Crippen LogP contribution in [0.1, 0.15) is 20.8 Å². The molecule has 2 aromatic rings. The van der Waals surface area contributed by atoms with E-state index < -0.39 is 0 Å². The van der Waals surface area contributed by atoms with Gasteiger partial charge in [-0.25, -0.2) is 0 Å². The minimum absolute atomic E-state index is 0.387. The van der Waals surface area contributed by atoms with Crippen molar-refractivity contribution in [2.75, 3.05) is 32.1 Å².